The van der Waals surface area contributed by atoms with E-state index in [1.54, 1.807) is 12.1 Å². The zero-order valence-electron chi connectivity index (χ0n) is 13.7. The minimum atomic E-state index is -0.671. The van der Waals surface area contributed by atoms with Crippen molar-refractivity contribution in [2.75, 3.05) is 5.43 Å². The highest BCUT2D eigenvalue weighted by Crippen LogP contribution is 2.29. The minimum absolute atomic E-state index is 0.00573. The van der Waals surface area contributed by atoms with E-state index in [9.17, 15) is 15.2 Å². The third kappa shape index (κ3) is 3.36. The number of nitriles is 2. The van der Waals surface area contributed by atoms with Gasteiger partial charge in [0.15, 0.2) is 0 Å². The monoisotopic (exact) mass is 357 g/mol. The number of hydrazone groups is 1. The van der Waals surface area contributed by atoms with Crippen LogP contribution in [0.4, 0.5) is 11.4 Å². The maximum atomic E-state index is 11.2. The van der Waals surface area contributed by atoms with Crippen molar-refractivity contribution in [3.05, 3.63) is 75.3 Å². The molecule has 8 heteroatoms. The number of anilines is 1. The number of nitro benzene ring substituents is 1. The predicted molar refractivity (Wildman–Crippen MR) is 99.4 cm³/mol. The van der Waals surface area contributed by atoms with Crippen molar-refractivity contribution in [2.45, 2.75) is 0 Å². The molecule has 130 valence electrons. The molecule has 3 aromatic carbocycles. The summed E-state index contributed by atoms with van der Waals surface area (Å²) in [6.07, 6.45) is 1.34. The normalized spacial score (nSPS) is 10.4. The zero-order chi connectivity index (χ0) is 19.4. The van der Waals surface area contributed by atoms with Crippen LogP contribution in [0, 0.1) is 32.8 Å². The summed E-state index contributed by atoms with van der Waals surface area (Å²) < 4.78 is 0. The van der Waals surface area contributed by atoms with Gasteiger partial charge < -0.3 is 5.11 Å². The molecular formula is C19H11N5O3. The average molecular weight is 357 g/mol. The topological polar surface area (TPSA) is 135 Å². The molecular weight excluding hydrogens is 346 g/mol. The van der Waals surface area contributed by atoms with Crippen LogP contribution in [-0.2, 0) is 0 Å². The molecule has 0 aliphatic rings. The summed E-state index contributed by atoms with van der Waals surface area (Å²) in [4.78, 5) is 10.6. The molecule has 27 heavy (non-hydrogen) atoms. The van der Waals surface area contributed by atoms with Gasteiger partial charge >= 0.3 is 0 Å². The molecule has 8 nitrogen and oxygen atoms in total. The Bertz CT molecular complexity index is 1170. The van der Waals surface area contributed by atoms with E-state index in [0.29, 0.717) is 5.56 Å². The van der Waals surface area contributed by atoms with E-state index in [-0.39, 0.29) is 28.3 Å². The number of nitrogens with zero attached hydrogens (tertiary/aromatic N) is 4. The van der Waals surface area contributed by atoms with E-state index in [2.05, 4.69) is 10.5 Å². The first kappa shape index (κ1) is 17.4. The van der Waals surface area contributed by atoms with Gasteiger partial charge in [-0.15, -0.1) is 0 Å². The molecule has 0 atom stereocenters. The SMILES string of the molecule is N#Cc1cc(N/N=C\c2c(O)ccc3ccccc23)c([N+](=O)[O-])cc1C#N. The van der Waals surface area contributed by atoms with Crippen LogP contribution in [0.3, 0.4) is 0 Å². The van der Waals surface area contributed by atoms with Crippen molar-refractivity contribution >= 4 is 28.4 Å². The fraction of sp³-hybridized carbons (Fsp3) is 0. The molecule has 0 aromatic heterocycles. The van der Waals surface area contributed by atoms with Crippen LogP contribution in [0.5, 0.6) is 5.75 Å². The van der Waals surface area contributed by atoms with Crippen LogP contribution >= 0.6 is 0 Å². The lowest BCUT2D eigenvalue weighted by Gasteiger charge is -2.06. The molecule has 0 heterocycles. The van der Waals surface area contributed by atoms with Gasteiger partial charge in [0.2, 0.25) is 0 Å². The summed E-state index contributed by atoms with van der Waals surface area (Å²) in [6.45, 7) is 0. The van der Waals surface area contributed by atoms with Crippen molar-refractivity contribution in [3.63, 3.8) is 0 Å². The summed E-state index contributed by atoms with van der Waals surface area (Å²) in [5.41, 5.74) is 2.44. The number of phenols is 1. The lowest BCUT2D eigenvalue weighted by molar-refractivity contribution is -0.384. The van der Waals surface area contributed by atoms with Gasteiger partial charge in [0.1, 0.15) is 23.6 Å². The van der Waals surface area contributed by atoms with Crippen molar-refractivity contribution in [1.82, 2.24) is 0 Å². The molecule has 3 rings (SSSR count). The molecule has 0 amide bonds. The molecule has 0 aliphatic heterocycles. The van der Waals surface area contributed by atoms with Gasteiger partial charge in [-0.1, -0.05) is 30.3 Å². The van der Waals surface area contributed by atoms with E-state index >= 15 is 0 Å². The van der Waals surface area contributed by atoms with Crippen LogP contribution in [-0.4, -0.2) is 16.2 Å². The Balaban J connectivity index is 2.01. The van der Waals surface area contributed by atoms with Crippen molar-refractivity contribution in [3.8, 4) is 17.9 Å². The minimum Gasteiger partial charge on any atom is -0.507 e. The molecule has 0 unspecified atom stereocenters. The third-order valence-electron chi connectivity index (χ3n) is 3.90. The Morgan fingerprint density at radius 3 is 2.52 bits per heavy atom. The van der Waals surface area contributed by atoms with E-state index < -0.39 is 4.92 Å². The molecule has 0 radical (unpaired) electrons. The quantitative estimate of drug-likeness (QED) is 0.415. The fourth-order valence-corrected chi connectivity index (χ4v) is 2.60. The smallest absolute Gasteiger partial charge is 0.295 e. The van der Waals surface area contributed by atoms with Gasteiger partial charge in [0.05, 0.1) is 22.3 Å². The number of aromatic hydroxyl groups is 1. The number of fused-ring (bicyclic) bond motifs is 1. The van der Waals surface area contributed by atoms with Crippen molar-refractivity contribution in [1.29, 1.82) is 10.5 Å². The van der Waals surface area contributed by atoms with Crippen LogP contribution in [0.25, 0.3) is 10.8 Å². The summed E-state index contributed by atoms with van der Waals surface area (Å²) in [5, 5.41) is 45.0. The van der Waals surface area contributed by atoms with Crippen LogP contribution in [0.2, 0.25) is 0 Å². The second-order valence-electron chi connectivity index (χ2n) is 5.49. The number of hydrogen-bond donors (Lipinski definition) is 2. The van der Waals surface area contributed by atoms with Gasteiger partial charge in [-0.05, 0) is 22.9 Å². The van der Waals surface area contributed by atoms with Crippen LogP contribution in [0.15, 0.2) is 53.6 Å². The van der Waals surface area contributed by atoms with Gasteiger partial charge in [-0.25, -0.2) is 0 Å². The molecule has 0 fully saturated rings. The lowest BCUT2D eigenvalue weighted by atomic mass is 10.0. The van der Waals surface area contributed by atoms with Crippen LogP contribution < -0.4 is 5.43 Å². The Kier molecular flexibility index (Phi) is 4.65. The molecule has 2 N–H and O–H groups in total. The number of phenolic OH excluding ortho intramolecular Hbond substituents is 1. The molecule has 0 saturated carbocycles. The molecule has 0 spiro atoms. The van der Waals surface area contributed by atoms with Crippen molar-refractivity contribution < 1.29 is 10.0 Å². The average Bonchev–Trinajstić information content (AvgIpc) is 2.68. The summed E-state index contributed by atoms with van der Waals surface area (Å²) in [7, 11) is 0. The van der Waals surface area contributed by atoms with Crippen LogP contribution in [0.1, 0.15) is 16.7 Å². The third-order valence-corrected chi connectivity index (χ3v) is 3.90. The first-order chi connectivity index (χ1) is 13.0. The summed E-state index contributed by atoms with van der Waals surface area (Å²) in [6, 6.07) is 16.4. The summed E-state index contributed by atoms with van der Waals surface area (Å²) in [5.74, 6) is 0.00583. The number of nitrogens with one attached hydrogen (secondary N) is 1. The van der Waals surface area contributed by atoms with Gasteiger partial charge in [-0.2, -0.15) is 15.6 Å². The second-order valence-corrected chi connectivity index (χ2v) is 5.49. The Morgan fingerprint density at radius 1 is 1.11 bits per heavy atom. The zero-order valence-corrected chi connectivity index (χ0v) is 13.7. The highest BCUT2D eigenvalue weighted by atomic mass is 16.6. The fourth-order valence-electron chi connectivity index (χ4n) is 2.60. The lowest BCUT2D eigenvalue weighted by Crippen LogP contribution is -2.00. The van der Waals surface area contributed by atoms with E-state index in [1.165, 1.54) is 18.3 Å². The molecule has 0 bridgehead atoms. The van der Waals surface area contributed by atoms with Crippen molar-refractivity contribution in [2.24, 2.45) is 5.10 Å². The largest absolute Gasteiger partial charge is 0.507 e. The predicted octanol–water partition coefficient (Wildman–Crippen LogP) is 3.64. The maximum Gasteiger partial charge on any atom is 0.295 e. The van der Waals surface area contributed by atoms with Gasteiger partial charge in [0, 0.05) is 11.6 Å². The van der Waals surface area contributed by atoms with E-state index in [0.717, 1.165) is 16.8 Å². The Morgan fingerprint density at radius 2 is 1.81 bits per heavy atom. The standard InChI is InChI=1S/C19H11N5O3/c20-9-13-7-17(18(24(26)27)8-14(13)10-21)23-22-11-16-15-4-2-1-3-12(15)5-6-19(16)25/h1-8,11,23,25H/b22-11-. The first-order valence-corrected chi connectivity index (χ1v) is 7.67. The van der Waals surface area contributed by atoms with Gasteiger partial charge in [0.25, 0.3) is 5.69 Å². The Labute approximate surface area is 153 Å². The highest BCUT2D eigenvalue weighted by molar-refractivity contribution is 6.02. The number of rotatable bonds is 4. The summed E-state index contributed by atoms with van der Waals surface area (Å²) >= 11 is 0. The van der Waals surface area contributed by atoms with Gasteiger partial charge in [-0.3, -0.25) is 15.5 Å². The molecule has 3 aromatic rings. The van der Waals surface area contributed by atoms with E-state index in [1.807, 2.05) is 30.3 Å². The number of benzene rings is 3. The second kappa shape index (κ2) is 7.21. The Hall–Kier alpha value is -4.43. The number of nitro groups is 1. The molecule has 0 saturated heterocycles. The van der Waals surface area contributed by atoms with E-state index in [4.69, 9.17) is 10.5 Å². The highest BCUT2D eigenvalue weighted by Gasteiger charge is 2.18. The number of hydrogen-bond acceptors (Lipinski definition) is 7. The maximum absolute atomic E-state index is 11.2. The first-order valence-electron chi connectivity index (χ1n) is 7.67. The molecule has 0 aliphatic carbocycles.